The number of hydrogen-bond acceptors (Lipinski definition) is 5. The van der Waals surface area contributed by atoms with E-state index >= 15 is 0 Å². The van der Waals surface area contributed by atoms with Gasteiger partial charge < -0.3 is 25.0 Å². The van der Waals surface area contributed by atoms with Crippen molar-refractivity contribution in [2.75, 3.05) is 26.2 Å². The van der Waals surface area contributed by atoms with Crippen molar-refractivity contribution in [1.82, 2.24) is 9.80 Å². The zero-order valence-electron chi connectivity index (χ0n) is 17.8. The van der Waals surface area contributed by atoms with Crippen LogP contribution in [0.1, 0.15) is 60.8 Å². The predicted octanol–water partition coefficient (Wildman–Crippen LogP) is 3.22. The zero-order chi connectivity index (χ0) is 20.4. The first-order valence-corrected chi connectivity index (χ1v) is 10.1. The normalized spacial score (nSPS) is 25.3. The Labute approximate surface area is 163 Å². The minimum Gasteiger partial charge on any atom is -0.444 e. The molecule has 0 spiro atoms. The first kappa shape index (κ1) is 21.8. The third-order valence-corrected chi connectivity index (χ3v) is 5.16. The van der Waals surface area contributed by atoms with Crippen LogP contribution >= 0.6 is 0 Å². The van der Waals surface area contributed by atoms with Gasteiger partial charge in [-0.05, 0) is 72.6 Å². The van der Waals surface area contributed by atoms with E-state index in [1.807, 2.05) is 41.5 Å². The van der Waals surface area contributed by atoms with Crippen molar-refractivity contribution in [3.8, 4) is 0 Å². The molecule has 2 rings (SSSR count). The van der Waals surface area contributed by atoms with Gasteiger partial charge in [0, 0.05) is 32.2 Å². The van der Waals surface area contributed by atoms with Crippen LogP contribution in [0.5, 0.6) is 0 Å². The highest BCUT2D eigenvalue weighted by molar-refractivity contribution is 5.68. The summed E-state index contributed by atoms with van der Waals surface area (Å²) in [6.45, 7) is 13.9. The number of hydrogen-bond donors (Lipinski definition) is 1. The van der Waals surface area contributed by atoms with Crippen LogP contribution in [0.25, 0.3) is 0 Å². The molecular formula is C20H37N3O4. The summed E-state index contributed by atoms with van der Waals surface area (Å²) in [7, 11) is 0. The van der Waals surface area contributed by atoms with Gasteiger partial charge in [-0.3, -0.25) is 0 Å². The summed E-state index contributed by atoms with van der Waals surface area (Å²) in [6.07, 6.45) is 2.24. The third kappa shape index (κ3) is 6.55. The van der Waals surface area contributed by atoms with Crippen molar-refractivity contribution < 1.29 is 19.1 Å². The van der Waals surface area contributed by atoms with Gasteiger partial charge in [-0.25, -0.2) is 9.59 Å². The molecule has 7 nitrogen and oxygen atoms in total. The molecule has 0 saturated carbocycles. The maximum atomic E-state index is 12.3. The molecule has 27 heavy (non-hydrogen) atoms. The molecule has 2 saturated heterocycles. The van der Waals surface area contributed by atoms with Crippen molar-refractivity contribution in [3.63, 3.8) is 0 Å². The maximum Gasteiger partial charge on any atom is 0.410 e. The fourth-order valence-corrected chi connectivity index (χ4v) is 3.91. The highest BCUT2D eigenvalue weighted by Crippen LogP contribution is 2.33. The minimum atomic E-state index is -0.494. The smallest absolute Gasteiger partial charge is 0.410 e. The van der Waals surface area contributed by atoms with E-state index < -0.39 is 11.2 Å². The Kier molecular flexibility index (Phi) is 6.66. The molecule has 2 amide bonds. The highest BCUT2D eigenvalue weighted by atomic mass is 16.6. The zero-order valence-corrected chi connectivity index (χ0v) is 17.8. The Hall–Kier alpha value is -1.50. The highest BCUT2D eigenvalue weighted by Gasteiger charge is 2.37. The molecule has 2 fully saturated rings. The molecule has 0 aromatic heterocycles. The van der Waals surface area contributed by atoms with E-state index in [9.17, 15) is 9.59 Å². The van der Waals surface area contributed by atoms with E-state index in [4.69, 9.17) is 15.2 Å². The topological polar surface area (TPSA) is 85.1 Å². The number of nitrogens with two attached hydrogens (primary N) is 1. The van der Waals surface area contributed by atoms with Crippen molar-refractivity contribution in [3.05, 3.63) is 0 Å². The molecular weight excluding hydrogens is 346 g/mol. The Morgan fingerprint density at radius 1 is 0.815 bits per heavy atom. The third-order valence-electron chi connectivity index (χ3n) is 5.16. The van der Waals surface area contributed by atoms with Gasteiger partial charge in [0.2, 0.25) is 0 Å². The van der Waals surface area contributed by atoms with Crippen LogP contribution in [0.15, 0.2) is 0 Å². The summed E-state index contributed by atoms with van der Waals surface area (Å²) in [5.74, 6) is 0.865. The molecule has 2 unspecified atom stereocenters. The van der Waals surface area contributed by atoms with E-state index in [1.54, 1.807) is 9.80 Å². The number of amides is 2. The fraction of sp³-hybridized carbons (Fsp3) is 0.900. The van der Waals surface area contributed by atoms with Crippen LogP contribution in [-0.4, -0.2) is 65.4 Å². The Morgan fingerprint density at radius 2 is 1.26 bits per heavy atom. The number of likely N-dealkylation sites (tertiary alicyclic amines) is 2. The number of nitrogens with zero attached hydrogens (tertiary/aromatic N) is 2. The van der Waals surface area contributed by atoms with E-state index in [2.05, 4.69) is 0 Å². The van der Waals surface area contributed by atoms with Crippen LogP contribution in [0, 0.1) is 11.8 Å². The van der Waals surface area contributed by atoms with Crippen molar-refractivity contribution in [2.24, 2.45) is 17.6 Å². The average molecular weight is 384 g/mol. The average Bonchev–Trinajstić information content (AvgIpc) is 2.51. The lowest BCUT2D eigenvalue weighted by Gasteiger charge is -2.43. The van der Waals surface area contributed by atoms with Gasteiger partial charge in [-0.2, -0.15) is 0 Å². The molecule has 2 heterocycles. The first-order valence-electron chi connectivity index (χ1n) is 10.1. The molecule has 2 aliphatic rings. The molecule has 0 aliphatic carbocycles. The SMILES string of the molecule is CC(C)(C)OC(=O)N1CCC(C2CCN(C(=O)OC(C)(C)C)CC2N)CC1. The van der Waals surface area contributed by atoms with Crippen LogP contribution in [0.2, 0.25) is 0 Å². The van der Waals surface area contributed by atoms with Crippen molar-refractivity contribution in [2.45, 2.75) is 78.0 Å². The lowest BCUT2D eigenvalue weighted by molar-refractivity contribution is 0.00267. The molecule has 7 heteroatoms. The number of piperidine rings is 2. The second-order valence-corrected chi connectivity index (χ2v) is 9.85. The molecule has 0 bridgehead atoms. The number of carbonyl (C=O) groups excluding carboxylic acids is 2. The molecule has 0 radical (unpaired) electrons. The van der Waals surface area contributed by atoms with Crippen LogP contribution in [-0.2, 0) is 9.47 Å². The van der Waals surface area contributed by atoms with Gasteiger partial charge in [0.15, 0.2) is 0 Å². The van der Waals surface area contributed by atoms with E-state index in [-0.39, 0.29) is 18.2 Å². The van der Waals surface area contributed by atoms with Gasteiger partial charge >= 0.3 is 12.2 Å². The van der Waals surface area contributed by atoms with Crippen LogP contribution in [0.3, 0.4) is 0 Å². The molecule has 2 atom stereocenters. The van der Waals surface area contributed by atoms with Gasteiger partial charge in [-0.15, -0.1) is 0 Å². The van der Waals surface area contributed by atoms with E-state index in [1.165, 1.54) is 0 Å². The lowest BCUT2D eigenvalue weighted by Crippen LogP contribution is -2.54. The van der Waals surface area contributed by atoms with E-state index in [0.29, 0.717) is 38.0 Å². The summed E-state index contributed by atoms with van der Waals surface area (Å²) in [4.78, 5) is 28.0. The van der Waals surface area contributed by atoms with Gasteiger partial charge in [0.25, 0.3) is 0 Å². The van der Waals surface area contributed by atoms with Crippen molar-refractivity contribution in [1.29, 1.82) is 0 Å². The summed E-state index contributed by atoms with van der Waals surface area (Å²) >= 11 is 0. The predicted molar refractivity (Wildman–Crippen MR) is 104 cm³/mol. The number of rotatable bonds is 1. The summed E-state index contributed by atoms with van der Waals surface area (Å²) in [5.41, 5.74) is 5.46. The molecule has 0 aromatic rings. The first-order chi connectivity index (χ1) is 12.4. The second-order valence-electron chi connectivity index (χ2n) is 9.85. The largest absolute Gasteiger partial charge is 0.444 e. The summed E-state index contributed by atoms with van der Waals surface area (Å²) in [6, 6.07) is -0.0515. The maximum absolute atomic E-state index is 12.3. The molecule has 2 N–H and O–H groups in total. The number of ether oxygens (including phenoxy) is 2. The van der Waals surface area contributed by atoms with Gasteiger partial charge in [0.05, 0.1) is 0 Å². The Bertz CT molecular complexity index is 530. The lowest BCUT2D eigenvalue weighted by atomic mass is 9.76. The summed E-state index contributed by atoms with van der Waals surface area (Å²) in [5, 5.41) is 0. The van der Waals surface area contributed by atoms with Gasteiger partial charge in [0.1, 0.15) is 11.2 Å². The summed E-state index contributed by atoms with van der Waals surface area (Å²) < 4.78 is 10.9. The van der Waals surface area contributed by atoms with E-state index in [0.717, 1.165) is 19.3 Å². The van der Waals surface area contributed by atoms with Crippen molar-refractivity contribution >= 4 is 12.2 Å². The molecule has 0 aromatic carbocycles. The van der Waals surface area contributed by atoms with Crippen LogP contribution in [0.4, 0.5) is 9.59 Å². The number of carbonyl (C=O) groups is 2. The molecule has 156 valence electrons. The second kappa shape index (κ2) is 8.25. The minimum absolute atomic E-state index is 0.0515. The fourth-order valence-electron chi connectivity index (χ4n) is 3.91. The Morgan fingerprint density at radius 3 is 1.70 bits per heavy atom. The monoisotopic (exact) mass is 383 g/mol. The van der Waals surface area contributed by atoms with Crippen LogP contribution < -0.4 is 5.73 Å². The molecule has 2 aliphatic heterocycles. The van der Waals surface area contributed by atoms with Gasteiger partial charge in [-0.1, -0.05) is 0 Å². The standard InChI is InChI=1S/C20H37N3O4/c1-19(2,3)26-17(24)22-10-7-14(8-11-22)15-9-12-23(13-16(15)21)18(25)27-20(4,5)6/h14-16H,7-13,21H2,1-6H3. The quantitative estimate of drug-likeness (QED) is 0.751. The Balaban J connectivity index is 1.82.